The molecule has 1 aromatic carbocycles. The summed E-state index contributed by atoms with van der Waals surface area (Å²) in [7, 11) is 0. The zero-order chi connectivity index (χ0) is 12.4. The van der Waals surface area contributed by atoms with E-state index in [1.165, 1.54) is 0 Å². The number of nitrogens with two attached hydrogens (primary N) is 1. The zero-order valence-electron chi connectivity index (χ0n) is 9.45. The molecule has 0 spiro atoms. The maximum absolute atomic E-state index is 6.17. The zero-order valence-corrected chi connectivity index (χ0v) is 11.0. The van der Waals surface area contributed by atoms with Gasteiger partial charge in [0.05, 0.1) is 21.9 Å². The molecule has 0 bridgehead atoms. The smallest absolute Gasteiger partial charge is 0.0850 e. The molecule has 0 aliphatic rings. The Bertz CT molecular complexity index is 535. The molecule has 0 atom stereocenters. The van der Waals surface area contributed by atoms with Gasteiger partial charge in [0.15, 0.2) is 0 Å². The van der Waals surface area contributed by atoms with Gasteiger partial charge >= 0.3 is 0 Å². The second-order valence-electron chi connectivity index (χ2n) is 3.78. The molecule has 0 amide bonds. The predicted molar refractivity (Wildman–Crippen MR) is 71.1 cm³/mol. The molecule has 0 radical (unpaired) electrons. The Kier molecular flexibility index (Phi) is 3.72. The van der Waals surface area contributed by atoms with Crippen molar-refractivity contribution in [3.05, 3.63) is 45.7 Å². The molecule has 0 saturated heterocycles. The van der Waals surface area contributed by atoms with Crippen molar-refractivity contribution in [2.75, 3.05) is 6.54 Å². The third-order valence-electron chi connectivity index (χ3n) is 2.68. The molecule has 0 saturated carbocycles. The fraction of sp³-hybridized carbons (Fsp3) is 0.250. The average molecular weight is 270 g/mol. The van der Waals surface area contributed by atoms with Crippen LogP contribution in [0.4, 0.5) is 0 Å². The Labute approximate surface area is 110 Å². The van der Waals surface area contributed by atoms with Crippen molar-refractivity contribution in [1.82, 2.24) is 9.78 Å². The van der Waals surface area contributed by atoms with E-state index in [-0.39, 0.29) is 0 Å². The van der Waals surface area contributed by atoms with Crippen LogP contribution in [0.15, 0.2) is 24.4 Å². The first kappa shape index (κ1) is 12.4. The summed E-state index contributed by atoms with van der Waals surface area (Å²) in [6.45, 7) is 2.60. The molecule has 90 valence electrons. The van der Waals surface area contributed by atoms with Crippen molar-refractivity contribution in [3.8, 4) is 5.69 Å². The van der Waals surface area contributed by atoms with Crippen molar-refractivity contribution >= 4 is 23.2 Å². The van der Waals surface area contributed by atoms with Crippen LogP contribution in [0, 0.1) is 6.92 Å². The summed E-state index contributed by atoms with van der Waals surface area (Å²) < 4.78 is 1.79. The van der Waals surface area contributed by atoms with Gasteiger partial charge in [-0.2, -0.15) is 5.10 Å². The number of hydrogen-bond donors (Lipinski definition) is 1. The normalized spacial score (nSPS) is 10.8. The van der Waals surface area contributed by atoms with Gasteiger partial charge in [-0.25, -0.2) is 4.68 Å². The molecule has 3 nitrogen and oxygen atoms in total. The molecule has 0 aliphatic carbocycles. The first-order valence-corrected chi connectivity index (χ1v) is 6.08. The molecule has 17 heavy (non-hydrogen) atoms. The van der Waals surface area contributed by atoms with Crippen LogP contribution < -0.4 is 5.73 Å². The van der Waals surface area contributed by atoms with Gasteiger partial charge in [0, 0.05) is 5.69 Å². The van der Waals surface area contributed by atoms with Crippen LogP contribution in [0.3, 0.4) is 0 Å². The van der Waals surface area contributed by atoms with Gasteiger partial charge in [-0.3, -0.25) is 0 Å². The minimum Gasteiger partial charge on any atom is -0.330 e. The fourth-order valence-corrected chi connectivity index (χ4v) is 2.12. The van der Waals surface area contributed by atoms with E-state index in [4.69, 9.17) is 28.9 Å². The van der Waals surface area contributed by atoms with E-state index in [0.29, 0.717) is 16.6 Å². The van der Waals surface area contributed by atoms with E-state index in [2.05, 4.69) is 5.10 Å². The van der Waals surface area contributed by atoms with Gasteiger partial charge in [0.1, 0.15) is 0 Å². The molecular weight excluding hydrogens is 257 g/mol. The van der Waals surface area contributed by atoms with Gasteiger partial charge in [-0.05, 0) is 37.6 Å². The second-order valence-corrected chi connectivity index (χ2v) is 4.56. The lowest BCUT2D eigenvalue weighted by Gasteiger charge is -2.08. The highest BCUT2D eigenvalue weighted by Crippen LogP contribution is 2.29. The number of rotatable bonds is 3. The summed E-state index contributed by atoms with van der Waals surface area (Å²) in [6.07, 6.45) is 2.63. The Morgan fingerprint density at radius 2 is 2.12 bits per heavy atom. The maximum atomic E-state index is 6.17. The van der Waals surface area contributed by atoms with Crippen molar-refractivity contribution in [2.45, 2.75) is 13.3 Å². The molecule has 5 heteroatoms. The number of nitrogens with zero attached hydrogens (tertiary/aromatic N) is 2. The summed E-state index contributed by atoms with van der Waals surface area (Å²) in [5.74, 6) is 0. The number of benzene rings is 1. The second kappa shape index (κ2) is 5.08. The van der Waals surface area contributed by atoms with Crippen LogP contribution in [0.25, 0.3) is 5.69 Å². The van der Waals surface area contributed by atoms with Gasteiger partial charge in [0.2, 0.25) is 0 Å². The van der Waals surface area contributed by atoms with Crippen molar-refractivity contribution < 1.29 is 0 Å². The fourth-order valence-electron chi connectivity index (χ4n) is 1.74. The lowest BCUT2D eigenvalue weighted by atomic mass is 10.2. The third kappa shape index (κ3) is 2.32. The van der Waals surface area contributed by atoms with Gasteiger partial charge in [-0.1, -0.05) is 29.3 Å². The van der Waals surface area contributed by atoms with Gasteiger partial charge in [0.25, 0.3) is 0 Å². The summed E-state index contributed by atoms with van der Waals surface area (Å²) in [5.41, 5.74) is 8.51. The topological polar surface area (TPSA) is 43.8 Å². The molecule has 0 fully saturated rings. The molecule has 1 heterocycles. The standard InChI is InChI=1S/C12H13Cl2N3/c1-8-9(5-6-15)7-16-17(8)11-4-2-3-10(13)12(11)14/h2-4,7H,5-6,15H2,1H3. The third-order valence-corrected chi connectivity index (χ3v) is 3.49. The average Bonchev–Trinajstić information content (AvgIpc) is 2.66. The lowest BCUT2D eigenvalue weighted by molar-refractivity contribution is 0.842. The van der Waals surface area contributed by atoms with Crippen LogP contribution in [0.1, 0.15) is 11.3 Å². The van der Waals surface area contributed by atoms with E-state index in [1.807, 2.05) is 25.3 Å². The highest BCUT2D eigenvalue weighted by molar-refractivity contribution is 6.43. The van der Waals surface area contributed by atoms with E-state index in [0.717, 1.165) is 23.4 Å². The number of hydrogen-bond acceptors (Lipinski definition) is 2. The monoisotopic (exact) mass is 269 g/mol. The Hall–Kier alpha value is -1.03. The van der Waals surface area contributed by atoms with E-state index < -0.39 is 0 Å². The minimum atomic E-state index is 0.514. The Balaban J connectivity index is 2.50. The highest BCUT2D eigenvalue weighted by Gasteiger charge is 2.11. The van der Waals surface area contributed by atoms with Gasteiger partial charge in [-0.15, -0.1) is 0 Å². The molecule has 1 aromatic heterocycles. The van der Waals surface area contributed by atoms with Crippen LogP contribution >= 0.6 is 23.2 Å². The molecule has 0 aliphatic heterocycles. The SMILES string of the molecule is Cc1c(CCN)cnn1-c1cccc(Cl)c1Cl. The van der Waals surface area contributed by atoms with Crippen molar-refractivity contribution in [2.24, 2.45) is 5.73 Å². The van der Waals surface area contributed by atoms with Crippen LogP contribution in [-0.2, 0) is 6.42 Å². The number of halogens is 2. The van der Waals surface area contributed by atoms with E-state index >= 15 is 0 Å². The van der Waals surface area contributed by atoms with Crippen LogP contribution in [0.2, 0.25) is 10.0 Å². The molecule has 2 rings (SSSR count). The predicted octanol–water partition coefficient (Wildman–Crippen LogP) is 2.99. The van der Waals surface area contributed by atoms with Crippen molar-refractivity contribution in [3.63, 3.8) is 0 Å². The molecule has 0 unspecified atom stereocenters. The quantitative estimate of drug-likeness (QED) is 0.931. The molecular formula is C12H13Cl2N3. The summed E-state index contributed by atoms with van der Waals surface area (Å²) in [5, 5.41) is 5.37. The Morgan fingerprint density at radius 3 is 2.82 bits per heavy atom. The summed E-state index contributed by atoms with van der Waals surface area (Å²) in [6, 6.07) is 5.50. The van der Waals surface area contributed by atoms with Crippen molar-refractivity contribution in [1.29, 1.82) is 0 Å². The largest absolute Gasteiger partial charge is 0.330 e. The Morgan fingerprint density at radius 1 is 1.35 bits per heavy atom. The lowest BCUT2D eigenvalue weighted by Crippen LogP contribution is -2.05. The van der Waals surface area contributed by atoms with Gasteiger partial charge < -0.3 is 5.73 Å². The van der Waals surface area contributed by atoms with E-state index in [1.54, 1.807) is 10.7 Å². The minimum absolute atomic E-state index is 0.514. The maximum Gasteiger partial charge on any atom is 0.0850 e. The summed E-state index contributed by atoms with van der Waals surface area (Å²) >= 11 is 12.2. The number of aromatic nitrogens is 2. The molecule has 2 N–H and O–H groups in total. The first-order valence-electron chi connectivity index (χ1n) is 5.33. The summed E-state index contributed by atoms with van der Waals surface area (Å²) in [4.78, 5) is 0. The molecule has 2 aromatic rings. The van der Waals surface area contributed by atoms with Crippen LogP contribution in [0.5, 0.6) is 0 Å². The first-order chi connectivity index (χ1) is 8.15. The van der Waals surface area contributed by atoms with Crippen LogP contribution in [-0.4, -0.2) is 16.3 Å². The highest BCUT2D eigenvalue weighted by atomic mass is 35.5. The van der Waals surface area contributed by atoms with E-state index in [9.17, 15) is 0 Å².